The molecule has 19 heavy (non-hydrogen) atoms. The quantitative estimate of drug-likeness (QED) is 0.862. The lowest BCUT2D eigenvalue weighted by molar-refractivity contribution is 0.476. The van der Waals surface area contributed by atoms with Crippen molar-refractivity contribution in [1.29, 1.82) is 0 Å². The van der Waals surface area contributed by atoms with Crippen LogP contribution in [0.2, 0.25) is 0 Å². The van der Waals surface area contributed by atoms with Gasteiger partial charge in [0.2, 0.25) is 0 Å². The van der Waals surface area contributed by atoms with Gasteiger partial charge in [-0.15, -0.1) is 0 Å². The van der Waals surface area contributed by atoms with E-state index in [0.717, 1.165) is 29.9 Å². The van der Waals surface area contributed by atoms with Crippen LogP contribution >= 0.6 is 0 Å². The molecule has 0 aliphatic carbocycles. The summed E-state index contributed by atoms with van der Waals surface area (Å²) in [5, 5.41) is 0. The van der Waals surface area contributed by atoms with Crippen molar-refractivity contribution in [2.45, 2.75) is 39.5 Å². The van der Waals surface area contributed by atoms with Gasteiger partial charge in [0.15, 0.2) is 5.89 Å². The zero-order valence-electron chi connectivity index (χ0n) is 11.8. The minimum Gasteiger partial charge on any atom is -0.445 e. The van der Waals surface area contributed by atoms with E-state index in [2.05, 4.69) is 36.2 Å². The number of oxazole rings is 1. The highest BCUT2D eigenvalue weighted by Crippen LogP contribution is 2.24. The van der Waals surface area contributed by atoms with Gasteiger partial charge in [0.25, 0.3) is 0 Å². The van der Waals surface area contributed by atoms with E-state index in [0.29, 0.717) is 12.4 Å². The largest absolute Gasteiger partial charge is 0.445 e. The van der Waals surface area contributed by atoms with Gasteiger partial charge in [-0.25, -0.2) is 4.98 Å². The van der Waals surface area contributed by atoms with E-state index in [1.807, 2.05) is 6.92 Å². The summed E-state index contributed by atoms with van der Waals surface area (Å²) in [6.07, 6.45) is 4.34. The first kappa shape index (κ1) is 13.8. The number of unbranched alkanes of at least 4 members (excludes halogenated alkanes) is 1. The summed E-state index contributed by atoms with van der Waals surface area (Å²) in [6, 6.07) is 8.62. The first-order valence-corrected chi connectivity index (χ1v) is 7.00. The molecule has 3 nitrogen and oxygen atoms in total. The van der Waals surface area contributed by atoms with Gasteiger partial charge < -0.3 is 10.2 Å². The molecule has 0 fully saturated rings. The average molecular weight is 258 g/mol. The van der Waals surface area contributed by atoms with Crippen molar-refractivity contribution >= 4 is 0 Å². The summed E-state index contributed by atoms with van der Waals surface area (Å²) in [7, 11) is 0. The number of nitrogens with zero attached hydrogens (tertiary/aromatic N) is 1. The Morgan fingerprint density at radius 1 is 1.16 bits per heavy atom. The zero-order chi connectivity index (χ0) is 13.7. The van der Waals surface area contributed by atoms with E-state index in [9.17, 15) is 0 Å². The number of rotatable bonds is 6. The Kier molecular flexibility index (Phi) is 4.74. The third kappa shape index (κ3) is 3.44. The van der Waals surface area contributed by atoms with Crippen LogP contribution in [0, 0.1) is 6.92 Å². The van der Waals surface area contributed by atoms with Crippen LogP contribution in [0.3, 0.4) is 0 Å². The zero-order valence-corrected chi connectivity index (χ0v) is 11.8. The summed E-state index contributed by atoms with van der Waals surface area (Å²) < 4.78 is 5.61. The van der Waals surface area contributed by atoms with E-state index in [1.54, 1.807) is 0 Å². The number of nitrogens with two attached hydrogens (primary N) is 1. The Balaban J connectivity index is 2.21. The van der Waals surface area contributed by atoms with Gasteiger partial charge >= 0.3 is 0 Å². The highest BCUT2D eigenvalue weighted by molar-refractivity contribution is 5.61. The summed E-state index contributed by atoms with van der Waals surface area (Å²) in [6.45, 7) is 4.67. The first-order valence-electron chi connectivity index (χ1n) is 7.00. The molecule has 0 amide bonds. The number of hydrogen-bond donors (Lipinski definition) is 1. The molecular formula is C16H22N2O. The predicted octanol–water partition coefficient (Wildman–Crippen LogP) is 3.49. The standard InChI is InChI=1S/C16H22N2O/c1-3-4-5-13-6-8-14(9-7-13)16-15(10-11-17)19-12(2)18-16/h6-9H,3-5,10-11,17H2,1-2H3. The van der Waals surface area contributed by atoms with Crippen LogP contribution in [0.5, 0.6) is 0 Å². The fourth-order valence-corrected chi connectivity index (χ4v) is 2.21. The molecule has 0 aliphatic rings. The Morgan fingerprint density at radius 3 is 2.53 bits per heavy atom. The topological polar surface area (TPSA) is 52.0 Å². The van der Waals surface area contributed by atoms with E-state index >= 15 is 0 Å². The van der Waals surface area contributed by atoms with Crippen LogP contribution in [0.4, 0.5) is 0 Å². The number of benzene rings is 1. The van der Waals surface area contributed by atoms with Crippen LogP contribution < -0.4 is 5.73 Å². The molecule has 3 heteroatoms. The van der Waals surface area contributed by atoms with E-state index in [-0.39, 0.29) is 0 Å². The monoisotopic (exact) mass is 258 g/mol. The van der Waals surface area contributed by atoms with Crippen molar-refractivity contribution in [2.75, 3.05) is 6.54 Å². The molecule has 2 aromatic rings. The van der Waals surface area contributed by atoms with Crippen molar-refractivity contribution in [2.24, 2.45) is 5.73 Å². The van der Waals surface area contributed by atoms with Crippen LogP contribution in [0.15, 0.2) is 28.7 Å². The van der Waals surface area contributed by atoms with Crippen molar-refractivity contribution < 1.29 is 4.42 Å². The molecule has 102 valence electrons. The van der Waals surface area contributed by atoms with E-state index in [1.165, 1.54) is 18.4 Å². The Labute approximate surface area is 114 Å². The van der Waals surface area contributed by atoms with Crippen LogP contribution in [-0.2, 0) is 12.8 Å². The molecule has 0 saturated carbocycles. The average Bonchev–Trinajstić information content (AvgIpc) is 2.78. The van der Waals surface area contributed by atoms with E-state index in [4.69, 9.17) is 10.2 Å². The maximum atomic E-state index is 5.61. The second-order valence-corrected chi connectivity index (χ2v) is 4.84. The summed E-state index contributed by atoms with van der Waals surface area (Å²) in [4.78, 5) is 4.47. The number of aryl methyl sites for hydroxylation is 2. The minimum absolute atomic E-state index is 0.580. The second-order valence-electron chi connectivity index (χ2n) is 4.84. The molecule has 0 aliphatic heterocycles. The minimum atomic E-state index is 0.580. The van der Waals surface area contributed by atoms with Gasteiger partial charge in [-0.3, -0.25) is 0 Å². The van der Waals surface area contributed by atoms with Gasteiger partial charge in [-0.1, -0.05) is 37.6 Å². The van der Waals surface area contributed by atoms with Crippen LogP contribution in [0.25, 0.3) is 11.3 Å². The van der Waals surface area contributed by atoms with Crippen molar-refractivity contribution in [3.63, 3.8) is 0 Å². The SMILES string of the molecule is CCCCc1ccc(-c2nc(C)oc2CCN)cc1. The predicted molar refractivity (Wildman–Crippen MR) is 78.0 cm³/mol. The molecule has 0 radical (unpaired) electrons. The summed E-state index contributed by atoms with van der Waals surface area (Å²) in [5.41, 5.74) is 9.04. The lowest BCUT2D eigenvalue weighted by atomic mass is 10.0. The molecule has 1 heterocycles. The second kappa shape index (κ2) is 6.53. The molecular weight excluding hydrogens is 236 g/mol. The van der Waals surface area contributed by atoms with Crippen LogP contribution in [-0.4, -0.2) is 11.5 Å². The fourth-order valence-electron chi connectivity index (χ4n) is 2.21. The van der Waals surface area contributed by atoms with Gasteiger partial charge in [0.1, 0.15) is 11.5 Å². The molecule has 2 N–H and O–H groups in total. The highest BCUT2D eigenvalue weighted by atomic mass is 16.4. The van der Waals surface area contributed by atoms with E-state index < -0.39 is 0 Å². The number of aromatic nitrogens is 1. The van der Waals surface area contributed by atoms with Crippen LogP contribution in [0.1, 0.15) is 37.0 Å². The molecule has 2 rings (SSSR count). The molecule has 1 aromatic heterocycles. The normalized spacial score (nSPS) is 10.9. The van der Waals surface area contributed by atoms with Crippen molar-refractivity contribution in [1.82, 2.24) is 4.98 Å². The van der Waals surface area contributed by atoms with Gasteiger partial charge in [0, 0.05) is 18.9 Å². The summed E-state index contributed by atoms with van der Waals surface area (Å²) in [5.74, 6) is 1.59. The maximum absolute atomic E-state index is 5.61. The fraction of sp³-hybridized carbons (Fsp3) is 0.438. The van der Waals surface area contributed by atoms with Gasteiger partial charge in [-0.2, -0.15) is 0 Å². The highest BCUT2D eigenvalue weighted by Gasteiger charge is 2.12. The third-order valence-corrected chi connectivity index (χ3v) is 3.22. The van der Waals surface area contributed by atoms with Crippen molar-refractivity contribution in [3.05, 3.63) is 41.5 Å². The molecule has 0 unspecified atom stereocenters. The molecule has 0 atom stereocenters. The molecule has 1 aromatic carbocycles. The smallest absolute Gasteiger partial charge is 0.191 e. The van der Waals surface area contributed by atoms with Gasteiger partial charge in [0.05, 0.1) is 0 Å². The Morgan fingerprint density at radius 2 is 1.89 bits per heavy atom. The number of hydrogen-bond acceptors (Lipinski definition) is 3. The maximum Gasteiger partial charge on any atom is 0.191 e. The summed E-state index contributed by atoms with van der Waals surface area (Å²) >= 11 is 0. The van der Waals surface area contributed by atoms with Crippen molar-refractivity contribution in [3.8, 4) is 11.3 Å². The molecule has 0 bridgehead atoms. The first-order chi connectivity index (χ1) is 9.24. The third-order valence-electron chi connectivity index (χ3n) is 3.22. The Hall–Kier alpha value is -1.61. The lowest BCUT2D eigenvalue weighted by Crippen LogP contribution is -2.02. The Bertz CT molecular complexity index is 514. The van der Waals surface area contributed by atoms with Gasteiger partial charge in [-0.05, 0) is 24.9 Å². The molecule has 0 saturated heterocycles. The molecule has 0 spiro atoms. The lowest BCUT2D eigenvalue weighted by Gasteiger charge is -2.03.